The van der Waals surface area contributed by atoms with Crippen LogP contribution in [0.5, 0.6) is 17.2 Å². The third kappa shape index (κ3) is 4.38. The lowest BCUT2D eigenvalue weighted by Gasteiger charge is -2.36. The Morgan fingerprint density at radius 2 is 1.69 bits per heavy atom. The molecule has 29 heavy (non-hydrogen) atoms. The van der Waals surface area contributed by atoms with Crippen LogP contribution in [0.3, 0.4) is 0 Å². The van der Waals surface area contributed by atoms with Gasteiger partial charge in [0.25, 0.3) is 0 Å². The molecule has 4 rings (SSSR count). The quantitative estimate of drug-likeness (QED) is 0.766. The first-order chi connectivity index (χ1) is 13.7. The molecule has 156 valence electrons. The van der Waals surface area contributed by atoms with Gasteiger partial charge >= 0.3 is 12.7 Å². The van der Waals surface area contributed by atoms with Gasteiger partial charge in [-0.1, -0.05) is 24.3 Å². The molecule has 0 radical (unpaired) electrons. The fourth-order valence-corrected chi connectivity index (χ4v) is 3.58. The first-order valence-electron chi connectivity index (χ1n) is 8.91. The number of hydrogen-bond donors (Lipinski definition) is 1. The molecule has 0 amide bonds. The predicted octanol–water partition coefficient (Wildman–Crippen LogP) is 3.90. The highest BCUT2D eigenvalue weighted by Gasteiger charge is 2.45. The number of nitrogens with zero attached hydrogens (tertiary/aromatic N) is 1. The molecule has 2 heterocycles. The Kier molecular flexibility index (Phi) is 4.99. The van der Waals surface area contributed by atoms with Crippen molar-refractivity contribution in [3.63, 3.8) is 0 Å². The maximum Gasteiger partial charge on any atom is 0.586 e. The van der Waals surface area contributed by atoms with Crippen molar-refractivity contribution in [1.82, 2.24) is 10.2 Å². The van der Waals surface area contributed by atoms with Crippen LogP contribution < -0.4 is 19.5 Å². The summed E-state index contributed by atoms with van der Waals surface area (Å²) in [7, 11) is 0. The lowest BCUT2D eigenvalue weighted by atomic mass is 9.95. The third-order valence-corrected chi connectivity index (χ3v) is 4.70. The van der Waals surface area contributed by atoms with Crippen LogP contribution in [0, 0.1) is 0 Å². The largest absolute Gasteiger partial charge is 0.586 e. The Hall–Kier alpha value is -2.59. The molecule has 1 atom stereocenters. The van der Waals surface area contributed by atoms with Crippen LogP contribution in [0.15, 0.2) is 42.5 Å². The standard InChI is InChI=1S/C19H17F5N2O3/c20-18(21,22)27-13-6-4-12(5-7-13)16(26-10-8-25-9-11-26)14-2-1-3-15-17(14)29-19(23,24)28-15/h1-7,16,25H,8-11H2/t16-/m1/s1. The van der Waals surface area contributed by atoms with E-state index in [2.05, 4.69) is 14.8 Å². The number of alkyl halides is 5. The van der Waals surface area contributed by atoms with Crippen molar-refractivity contribution in [3.8, 4) is 17.2 Å². The Bertz CT molecular complexity index is 867. The van der Waals surface area contributed by atoms with Crippen molar-refractivity contribution in [2.45, 2.75) is 18.7 Å². The number of para-hydroxylation sites is 1. The van der Waals surface area contributed by atoms with Crippen LogP contribution >= 0.6 is 0 Å². The van der Waals surface area contributed by atoms with Gasteiger partial charge in [-0.25, -0.2) is 0 Å². The molecule has 0 unspecified atom stereocenters. The normalized spacial score (nSPS) is 19.8. The molecular weight excluding hydrogens is 399 g/mol. The van der Waals surface area contributed by atoms with Gasteiger partial charge in [0, 0.05) is 31.7 Å². The fourth-order valence-electron chi connectivity index (χ4n) is 3.58. The molecule has 1 fully saturated rings. The highest BCUT2D eigenvalue weighted by molar-refractivity contribution is 5.52. The van der Waals surface area contributed by atoms with Crippen LogP contribution in [0.1, 0.15) is 17.2 Å². The molecule has 2 aliphatic heterocycles. The molecule has 2 aliphatic rings. The van der Waals surface area contributed by atoms with Crippen LogP contribution in [-0.4, -0.2) is 43.7 Å². The van der Waals surface area contributed by atoms with Gasteiger partial charge in [0.05, 0.1) is 6.04 Å². The number of piperazine rings is 1. The van der Waals surface area contributed by atoms with E-state index in [1.165, 1.54) is 30.3 Å². The Labute approximate surface area is 163 Å². The van der Waals surface area contributed by atoms with Gasteiger partial charge in [0.15, 0.2) is 11.5 Å². The molecule has 1 N–H and O–H groups in total. The highest BCUT2D eigenvalue weighted by atomic mass is 19.4. The van der Waals surface area contributed by atoms with Crippen molar-refractivity contribution >= 4 is 0 Å². The molecule has 1 saturated heterocycles. The van der Waals surface area contributed by atoms with Gasteiger partial charge in [-0.15, -0.1) is 22.0 Å². The van der Waals surface area contributed by atoms with Gasteiger partial charge in [-0.3, -0.25) is 4.90 Å². The van der Waals surface area contributed by atoms with Gasteiger partial charge in [0.1, 0.15) is 5.75 Å². The van der Waals surface area contributed by atoms with E-state index < -0.39 is 18.7 Å². The Balaban J connectivity index is 1.72. The molecule has 0 aromatic heterocycles. The lowest BCUT2D eigenvalue weighted by Crippen LogP contribution is -2.45. The topological polar surface area (TPSA) is 43.0 Å². The minimum atomic E-state index is -4.80. The van der Waals surface area contributed by atoms with E-state index in [-0.39, 0.29) is 17.2 Å². The molecule has 0 aliphatic carbocycles. The molecule has 0 bridgehead atoms. The highest BCUT2D eigenvalue weighted by Crippen LogP contribution is 2.47. The minimum absolute atomic E-state index is 0.0725. The average Bonchev–Trinajstić information content (AvgIpc) is 2.98. The number of fused-ring (bicyclic) bond motifs is 1. The SMILES string of the molecule is FC(F)(F)Oc1ccc([C@H](c2cccc3c2OC(F)(F)O3)N2CCNCC2)cc1. The number of hydrogen-bond acceptors (Lipinski definition) is 5. The summed E-state index contributed by atoms with van der Waals surface area (Å²) < 4.78 is 77.8. The van der Waals surface area contributed by atoms with Gasteiger partial charge in [-0.2, -0.15) is 0 Å². The number of benzene rings is 2. The number of nitrogens with one attached hydrogen (secondary N) is 1. The van der Waals surface area contributed by atoms with Crippen molar-refractivity contribution in [3.05, 3.63) is 53.6 Å². The minimum Gasteiger partial charge on any atom is -0.406 e. The second kappa shape index (κ2) is 7.34. The lowest BCUT2D eigenvalue weighted by molar-refractivity contribution is -0.287. The molecular formula is C19H17F5N2O3. The summed E-state index contributed by atoms with van der Waals surface area (Å²) in [5.41, 5.74) is 1.07. The summed E-state index contributed by atoms with van der Waals surface area (Å²) in [6.45, 7) is 2.61. The van der Waals surface area contributed by atoms with E-state index in [0.29, 0.717) is 37.3 Å². The average molecular weight is 416 g/mol. The second-order valence-electron chi connectivity index (χ2n) is 6.65. The fraction of sp³-hybridized carbons (Fsp3) is 0.368. The number of halogens is 5. The first kappa shape index (κ1) is 19.7. The van der Waals surface area contributed by atoms with Crippen LogP contribution in [0.25, 0.3) is 0 Å². The summed E-state index contributed by atoms with van der Waals surface area (Å²) in [5, 5.41) is 3.21. The van der Waals surface area contributed by atoms with Crippen LogP contribution in [0.2, 0.25) is 0 Å². The summed E-state index contributed by atoms with van der Waals surface area (Å²) in [6.07, 6.45) is -8.56. The smallest absolute Gasteiger partial charge is 0.406 e. The van der Waals surface area contributed by atoms with E-state index >= 15 is 0 Å². The maximum absolute atomic E-state index is 13.6. The first-order valence-corrected chi connectivity index (χ1v) is 8.91. The van der Waals surface area contributed by atoms with E-state index in [4.69, 9.17) is 4.74 Å². The molecule has 0 spiro atoms. The molecule has 2 aromatic rings. The number of ether oxygens (including phenoxy) is 3. The molecule has 10 heteroatoms. The molecule has 2 aromatic carbocycles. The summed E-state index contributed by atoms with van der Waals surface area (Å²) >= 11 is 0. The summed E-state index contributed by atoms with van der Waals surface area (Å²) in [5.74, 6) is -0.508. The summed E-state index contributed by atoms with van der Waals surface area (Å²) in [6, 6.07) is 9.48. The van der Waals surface area contributed by atoms with E-state index in [1.807, 2.05) is 4.90 Å². The van der Waals surface area contributed by atoms with Gasteiger partial charge in [-0.05, 0) is 23.8 Å². The van der Waals surface area contributed by atoms with Crippen LogP contribution in [0.4, 0.5) is 22.0 Å². The third-order valence-electron chi connectivity index (χ3n) is 4.70. The predicted molar refractivity (Wildman–Crippen MR) is 92.1 cm³/mol. The Morgan fingerprint density at radius 3 is 2.34 bits per heavy atom. The zero-order valence-corrected chi connectivity index (χ0v) is 15.0. The van der Waals surface area contributed by atoms with Crippen molar-refractivity contribution < 1.29 is 36.2 Å². The van der Waals surface area contributed by atoms with E-state index in [9.17, 15) is 22.0 Å². The number of rotatable bonds is 4. The molecule has 0 saturated carbocycles. The molecule has 5 nitrogen and oxygen atoms in total. The van der Waals surface area contributed by atoms with Crippen molar-refractivity contribution in [2.75, 3.05) is 26.2 Å². The van der Waals surface area contributed by atoms with E-state index in [0.717, 1.165) is 0 Å². The monoisotopic (exact) mass is 416 g/mol. The van der Waals surface area contributed by atoms with Crippen LogP contribution in [-0.2, 0) is 0 Å². The zero-order chi connectivity index (χ0) is 20.6. The summed E-state index contributed by atoms with van der Waals surface area (Å²) in [4.78, 5) is 2.05. The maximum atomic E-state index is 13.6. The van der Waals surface area contributed by atoms with Crippen molar-refractivity contribution in [1.29, 1.82) is 0 Å². The Morgan fingerprint density at radius 1 is 1.00 bits per heavy atom. The van der Waals surface area contributed by atoms with Gasteiger partial charge < -0.3 is 19.5 Å². The van der Waals surface area contributed by atoms with Gasteiger partial charge in [0.2, 0.25) is 0 Å². The zero-order valence-electron chi connectivity index (χ0n) is 15.0. The van der Waals surface area contributed by atoms with Crippen molar-refractivity contribution in [2.24, 2.45) is 0 Å². The second-order valence-corrected chi connectivity index (χ2v) is 6.65. The van der Waals surface area contributed by atoms with E-state index in [1.54, 1.807) is 12.1 Å².